The minimum absolute atomic E-state index is 0.0365. The largest absolute Gasteiger partial charge is 0.497 e. The molecule has 3 heterocycles. The summed E-state index contributed by atoms with van der Waals surface area (Å²) in [6, 6.07) is 18.0. The molecule has 1 N–H and O–H groups in total. The molecule has 1 aliphatic heterocycles. The predicted molar refractivity (Wildman–Crippen MR) is 143 cm³/mol. The lowest BCUT2D eigenvalue weighted by Gasteiger charge is -2.26. The number of ether oxygens (including phenoxy) is 2. The fraction of sp³-hybridized carbons (Fsp3) is 0.241. The van der Waals surface area contributed by atoms with Gasteiger partial charge in [0.2, 0.25) is 5.88 Å². The van der Waals surface area contributed by atoms with Crippen LogP contribution in [0.15, 0.2) is 66.9 Å². The van der Waals surface area contributed by atoms with Crippen LogP contribution in [-0.2, 0) is 11.3 Å². The first-order chi connectivity index (χ1) is 18.4. The molecule has 4 aromatic rings. The molecule has 0 unspecified atom stereocenters. The molecule has 1 fully saturated rings. The van der Waals surface area contributed by atoms with E-state index in [1.54, 1.807) is 66.3 Å². The maximum absolute atomic E-state index is 13.6. The van der Waals surface area contributed by atoms with Crippen molar-refractivity contribution in [2.45, 2.75) is 19.4 Å². The SMILES string of the molecule is COc1ccc(C(=O)Cn2c(C(=O)N3CCCC(=O)C3)cc3ccc(Nc4ccnc(OC)c4)cc32)cc1. The van der Waals surface area contributed by atoms with Crippen LogP contribution in [0.3, 0.4) is 0 Å². The number of carbonyl (C=O) groups is 3. The van der Waals surface area contributed by atoms with E-state index >= 15 is 0 Å². The number of fused-ring (bicyclic) bond motifs is 1. The molecule has 2 aromatic carbocycles. The number of hydrogen-bond donors (Lipinski definition) is 1. The molecule has 5 rings (SSSR count). The Bertz CT molecular complexity index is 1510. The molecule has 0 radical (unpaired) electrons. The number of methoxy groups -OCH3 is 2. The second kappa shape index (κ2) is 10.8. The van der Waals surface area contributed by atoms with Gasteiger partial charge in [0.1, 0.15) is 11.4 Å². The third kappa shape index (κ3) is 5.22. The predicted octanol–water partition coefficient (Wildman–Crippen LogP) is 4.49. The third-order valence-electron chi connectivity index (χ3n) is 6.61. The van der Waals surface area contributed by atoms with Crippen LogP contribution < -0.4 is 14.8 Å². The second-order valence-corrected chi connectivity index (χ2v) is 9.12. The Balaban J connectivity index is 1.53. The number of pyridine rings is 1. The van der Waals surface area contributed by atoms with Gasteiger partial charge in [0.15, 0.2) is 11.6 Å². The van der Waals surface area contributed by atoms with E-state index < -0.39 is 0 Å². The molecule has 9 heteroatoms. The Morgan fingerprint density at radius 3 is 2.50 bits per heavy atom. The van der Waals surface area contributed by atoms with Crippen LogP contribution in [0.4, 0.5) is 11.4 Å². The third-order valence-corrected chi connectivity index (χ3v) is 6.61. The minimum atomic E-state index is -0.259. The number of rotatable bonds is 8. The highest BCUT2D eigenvalue weighted by Crippen LogP contribution is 2.28. The van der Waals surface area contributed by atoms with Crippen molar-refractivity contribution in [3.05, 3.63) is 78.1 Å². The minimum Gasteiger partial charge on any atom is -0.497 e. The normalized spacial score (nSPS) is 13.4. The number of ketones is 2. The lowest BCUT2D eigenvalue weighted by molar-refractivity contribution is -0.121. The molecule has 9 nitrogen and oxygen atoms in total. The number of amides is 1. The molecule has 0 saturated carbocycles. The summed E-state index contributed by atoms with van der Waals surface area (Å²) in [5.74, 6) is 0.771. The second-order valence-electron chi connectivity index (χ2n) is 9.12. The number of nitrogens with zero attached hydrogens (tertiary/aromatic N) is 3. The summed E-state index contributed by atoms with van der Waals surface area (Å²) >= 11 is 0. The average Bonchev–Trinajstić information content (AvgIpc) is 3.30. The zero-order valence-electron chi connectivity index (χ0n) is 21.3. The van der Waals surface area contributed by atoms with Gasteiger partial charge in [-0.2, -0.15) is 0 Å². The molecule has 1 amide bonds. The van der Waals surface area contributed by atoms with Crippen molar-refractivity contribution >= 4 is 39.8 Å². The Morgan fingerprint density at radius 2 is 1.76 bits per heavy atom. The van der Waals surface area contributed by atoms with Gasteiger partial charge in [0.25, 0.3) is 5.91 Å². The molecule has 2 aromatic heterocycles. The highest BCUT2D eigenvalue weighted by atomic mass is 16.5. The van der Waals surface area contributed by atoms with Crippen LogP contribution in [0.1, 0.15) is 33.7 Å². The summed E-state index contributed by atoms with van der Waals surface area (Å²) < 4.78 is 12.2. The van der Waals surface area contributed by atoms with Crippen molar-refractivity contribution < 1.29 is 23.9 Å². The van der Waals surface area contributed by atoms with Gasteiger partial charge in [-0.3, -0.25) is 14.4 Å². The van der Waals surface area contributed by atoms with E-state index in [-0.39, 0.29) is 30.6 Å². The van der Waals surface area contributed by atoms with Crippen LogP contribution in [0, 0.1) is 0 Å². The van der Waals surface area contributed by atoms with Gasteiger partial charge in [0, 0.05) is 47.6 Å². The van der Waals surface area contributed by atoms with E-state index in [9.17, 15) is 14.4 Å². The first-order valence-corrected chi connectivity index (χ1v) is 12.3. The number of aromatic nitrogens is 2. The maximum atomic E-state index is 13.6. The van der Waals surface area contributed by atoms with Gasteiger partial charge in [-0.05, 0) is 55.0 Å². The Kier molecular flexibility index (Phi) is 7.08. The van der Waals surface area contributed by atoms with Crippen LogP contribution in [-0.4, -0.2) is 59.2 Å². The summed E-state index contributed by atoms with van der Waals surface area (Å²) in [6.07, 6.45) is 2.77. The van der Waals surface area contributed by atoms with E-state index in [2.05, 4.69) is 10.3 Å². The number of anilines is 2. The topological polar surface area (TPSA) is 103 Å². The van der Waals surface area contributed by atoms with Crippen molar-refractivity contribution in [2.75, 3.05) is 32.6 Å². The standard InChI is InChI=1S/C29H28N4O5/c1-37-24-9-6-19(7-10-24)27(35)18-33-25-15-21(31-22-11-12-30-28(16-22)38-2)8-5-20(25)14-26(33)29(36)32-13-3-4-23(34)17-32/h5-12,14-16H,3-4,13,17-18H2,1-2H3,(H,30,31). The van der Waals surface area contributed by atoms with E-state index in [1.165, 1.54) is 0 Å². The molecular formula is C29H28N4O5. The molecule has 38 heavy (non-hydrogen) atoms. The zero-order valence-corrected chi connectivity index (χ0v) is 21.3. The Morgan fingerprint density at radius 1 is 0.974 bits per heavy atom. The lowest BCUT2D eigenvalue weighted by atomic mass is 10.1. The summed E-state index contributed by atoms with van der Waals surface area (Å²) in [5.41, 5.74) is 3.17. The molecule has 0 spiro atoms. The van der Waals surface area contributed by atoms with Gasteiger partial charge in [-0.25, -0.2) is 4.98 Å². The number of carbonyl (C=O) groups excluding carboxylic acids is 3. The summed E-state index contributed by atoms with van der Waals surface area (Å²) in [4.78, 5) is 44.7. The van der Waals surface area contributed by atoms with Crippen LogP contribution in [0.25, 0.3) is 10.9 Å². The van der Waals surface area contributed by atoms with Gasteiger partial charge in [0.05, 0.1) is 32.8 Å². The molecule has 0 aliphatic carbocycles. The number of likely N-dealkylation sites (tertiary alicyclic amines) is 1. The van der Waals surface area contributed by atoms with Gasteiger partial charge >= 0.3 is 0 Å². The monoisotopic (exact) mass is 512 g/mol. The van der Waals surface area contributed by atoms with E-state index in [1.807, 2.05) is 24.3 Å². The fourth-order valence-electron chi connectivity index (χ4n) is 4.63. The van der Waals surface area contributed by atoms with Crippen molar-refractivity contribution in [3.8, 4) is 11.6 Å². The summed E-state index contributed by atoms with van der Waals surface area (Å²) in [5, 5.41) is 4.15. The first-order valence-electron chi connectivity index (χ1n) is 12.3. The highest BCUT2D eigenvalue weighted by molar-refractivity contribution is 6.03. The molecule has 194 valence electrons. The van der Waals surface area contributed by atoms with Crippen LogP contribution >= 0.6 is 0 Å². The van der Waals surface area contributed by atoms with Gasteiger partial charge < -0.3 is 24.3 Å². The van der Waals surface area contributed by atoms with Gasteiger partial charge in [-0.15, -0.1) is 0 Å². The average molecular weight is 513 g/mol. The number of hydrogen-bond acceptors (Lipinski definition) is 7. The summed E-state index contributed by atoms with van der Waals surface area (Å²) in [6.45, 7) is 0.559. The quantitative estimate of drug-likeness (QED) is 0.347. The fourth-order valence-corrected chi connectivity index (χ4v) is 4.63. The van der Waals surface area contributed by atoms with Crippen molar-refractivity contribution in [3.63, 3.8) is 0 Å². The number of piperidine rings is 1. The van der Waals surface area contributed by atoms with E-state index in [0.29, 0.717) is 42.3 Å². The van der Waals surface area contributed by atoms with Crippen molar-refractivity contribution in [1.82, 2.24) is 14.5 Å². The number of Topliss-reactive ketones (excluding diaryl/α,β-unsaturated/α-hetero) is 2. The molecular weight excluding hydrogens is 484 g/mol. The Hall–Kier alpha value is -4.66. The molecule has 1 saturated heterocycles. The van der Waals surface area contributed by atoms with E-state index in [0.717, 1.165) is 22.3 Å². The molecule has 0 atom stereocenters. The maximum Gasteiger partial charge on any atom is 0.270 e. The zero-order chi connectivity index (χ0) is 26.6. The molecule has 1 aliphatic rings. The van der Waals surface area contributed by atoms with Crippen LogP contribution in [0.5, 0.6) is 11.6 Å². The van der Waals surface area contributed by atoms with Crippen molar-refractivity contribution in [2.24, 2.45) is 0 Å². The Labute approximate surface area is 220 Å². The van der Waals surface area contributed by atoms with Crippen LogP contribution in [0.2, 0.25) is 0 Å². The number of benzene rings is 2. The first kappa shape index (κ1) is 25.0. The highest BCUT2D eigenvalue weighted by Gasteiger charge is 2.27. The van der Waals surface area contributed by atoms with E-state index in [4.69, 9.17) is 9.47 Å². The smallest absolute Gasteiger partial charge is 0.270 e. The summed E-state index contributed by atoms with van der Waals surface area (Å²) in [7, 11) is 3.12. The van der Waals surface area contributed by atoms with Crippen molar-refractivity contribution in [1.29, 1.82) is 0 Å². The number of nitrogens with one attached hydrogen (secondary N) is 1. The van der Waals surface area contributed by atoms with Gasteiger partial charge in [-0.1, -0.05) is 6.07 Å². The molecule has 0 bridgehead atoms. The lowest BCUT2D eigenvalue weighted by Crippen LogP contribution is -2.41.